The number of fused-ring (bicyclic) bond motifs is 2. The number of nitrogens with zero attached hydrogens (tertiary/aromatic N) is 7. The molecular weight excluding hydrogens is 660 g/mol. The van der Waals surface area contributed by atoms with Crippen LogP contribution in [0, 0.1) is 6.92 Å². The van der Waals surface area contributed by atoms with Crippen molar-refractivity contribution in [1.29, 1.82) is 0 Å². The first-order valence-electron chi connectivity index (χ1n) is 15.2. The molecule has 1 aliphatic heterocycles. The molecule has 2 amide bonds. The second-order valence-corrected chi connectivity index (χ2v) is 12.6. The van der Waals surface area contributed by atoms with Crippen molar-refractivity contribution in [2.24, 2.45) is 7.05 Å². The number of aryl methyl sites for hydroxylation is 2. The second kappa shape index (κ2) is 12.1. The van der Waals surface area contributed by atoms with Crippen LogP contribution in [0.25, 0.3) is 28.1 Å². The third-order valence-electron chi connectivity index (χ3n) is 8.66. The molecule has 0 fully saturated rings. The Morgan fingerprint density at radius 2 is 1.79 bits per heavy atom. The van der Waals surface area contributed by atoms with Crippen molar-refractivity contribution in [3.63, 3.8) is 0 Å². The molecule has 0 spiro atoms. The molecule has 6 aromatic rings. The average molecular weight is 692 g/mol. The van der Waals surface area contributed by atoms with Crippen molar-refractivity contribution in [3.05, 3.63) is 128 Å². The van der Waals surface area contributed by atoms with E-state index in [4.69, 9.17) is 0 Å². The molecule has 3 aromatic carbocycles. The van der Waals surface area contributed by atoms with Crippen molar-refractivity contribution in [2.75, 3.05) is 0 Å². The molecule has 0 radical (unpaired) electrons. The fourth-order valence-corrected chi connectivity index (χ4v) is 6.41. The number of imidazole rings is 2. The molecule has 0 bridgehead atoms. The van der Waals surface area contributed by atoms with E-state index in [1.165, 1.54) is 4.57 Å². The van der Waals surface area contributed by atoms with E-state index in [1.807, 2.05) is 74.0 Å². The molecule has 1 aliphatic rings. The van der Waals surface area contributed by atoms with Gasteiger partial charge in [0.15, 0.2) is 5.82 Å². The van der Waals surface area contributed by atoms with Gasteiger partial charge in [-0.25, -0.2) is 19.7 Å². The molecule has 11 nitrogen and oxygen atoms in total. The van der Waals surface area contributed by atoms with E-state index >= 15 is 0 Å². The van der Waals surface area contributed by atoms with Gasteiger partial charge in [0.2, 0.25) is 0 Å². The molecule has 0 saturated heterocycles. The van der Waals surface area contributed by atoms with Crippen LogP contribution in [0.4, 0.5) is 0 Å². The monoisotopic (exact) mass is 690 g/mol. The fraction of sp³-hybridized carbons (Fsp3) is 0.200. The van der Waals surface area contributed by atoms with Gasteiger partial charge >= 0.3 is 5.69 Å². The summed E-state index contributed by atoms with van der Waals surface area (Å²) in [7, 11) is 1.90. The first-order chi connectivity index (χ1) is 22.7. The fourth-order valence-electron chi connectivity index (χ4n) is 6.16. The molecule has 236 valence electrons. The summed E-state index contributed by atoms with van der Waals surface area (Å²) >= 11 is 3.51. The Morgan fingerprint density at radius 3 is 2.57 bits per heavy atom. The Bertz CT molecular complexity index is 2240. The quantitative estimate of drug-likeness (QED) is 0.262. The van der Waals surface area contributed by atoms with Crippen molar-refractivity contribution < 1.29 is 9.59 Å². The van der Waals surface area contributed by atoms with E-state index in [0.29, 0.717) is 28.3 Å². The molecule has 0 aliphatic carbocycles. The molecule has 0 unspecified atom stereocenters. The van der Waals surface area contributed by atoms with Crippen molar-refractivity contribution in [2.45, 2.75) is 39.5 Å². The highest BCUT2D eigenvalue weighted by Crippen LogP contribution is 2.27. The normalized spacial score (nSPS) is 14.3. The molecule has 1 atom stereocenters. The number of nitrogens with one attached hydrogen (secondary N) is 1. The maximum absolute atomic E-state index is 14.3. The van der Waals surface area contributed by atoms with Crippen LogP contribution in [0.5, 0.6) is 0 Å². The van der Waals surface area contributed by atoms with Gasteiger partial charge in [0.1, 0.15) is 5.69 Å². The van der Waals surface area contributed by atoms with Gasteiger partial charge in [-0.2, -0.15) is 0 Å². The summed E-state index contributed by atoms with van der Waals surface area (Å²) in [5.41, 5.74) is 5.49. The molecule has 0 saturated carbocycles. The number of rotatable bonds is 6. The van der Waals surface area contributed by atoms with Crippen molar-refractivity contribution in [3.8, 4) is 17.1 Å². The zero-order chi connectivity index (χ0) is 32.8. The molecule has 1 N–H and O–H groups in total. The van der Waals surface area contributed by atoms with Crippen LogP contribution in [0.1, 0.15) is 44.6 Å². The highest BCUT2D eigenvalue weighted by atomic mass is 79.9. The number of hydrogen-bond acceptors (Lipinski definition) is 6. The molecule has 4 heterocycles. The van der Waals surface area contributed by atoms with Crippen molar-refractivity contribution >= 4 is 38.8 Å². The number of amides is 2. The zero-order valence-corrected chi connectivity index (χ0v) is 27.6. The van der Waals surface area contributed by atoms with E-state index in [1.54, 1.807) is 46.4 Å². The minimum Gasteiger partial charge on any atom is -0.347 e. The van der Waals surface area contributed by atoms with Crippen LogP contribution in [-0.4, -0.2) is 51.4 Å². The largest absolute Gasteiger partial charge is 0.347 e. The van der Waals surface area contributed by atoms with E-state index in [2.05, 4.69) is 36.2 Å². The molecule has 3 aromatic heterocycles. The predicted octanol–water partition coefficient (Wildman–Crippen LogP) is 5.03. The highest BCUT2D eigenvalue weighted by molar-refractivity contribution is 9.10. The van der Waals surface area contributed by atoms with Gasteiger partial charge in [-0.05, 0) is 67.4 Å². The first-order valence-corrected chi connectivity index (χ1v) is 16.0. The van der Waals surface area contributed by atoms with Crippen molar-refractivity contribution in [1.82, 2.24) is 38.9 Å². The average Bonchev–Trinajstić information content (AvgIpc) is 3.60. The number of aromatic nitrogens is 6. The topological polar surface area (TPSA) is 120 Å². The summed E-state index contributed by atoms with van der Waals surface area (Å²) in [6, 6.07) is 20.0. The van der Waals surface area contributed by atoms with Gasteiger partial charge in [0.05, 0.1) is 35.3 Å². The third-order valence-corrected chi connectivity index (χ3v) is 9.55. The van der Waals surface area contributed by atoms with Crippen LogP contribution >= 0.6 is 15.9 Å². The Hall–Kier alpha value is -5.36. The van der Waals surface area contributed by atoms with Gasteiger partial charge in [0.25, 0.3) is 11.8 Å². The lowest BCUT2D eigenvalue weighted by molar-refractivity contribution is 0.0610. The lowest BCUT2D eigenvalue weighted by atomic mass is 10.1. The van der Waals surface area contributed by atoms with Gasteiger partial charge in [0, 0.05) is 54.2 Å². The molecule has 12 heteroatoms. The lowest BCUT2D eigenvalue weighted by Crippen LogP contribution is -2.47. The minimum absolute atomic E-state index is 0.0837. The summed E-state index contributed by atoms with van der Waals surface area (Å²) in [6.07, 6.45) is 5.05. The number of benzene rings is 3. The maximum Gasteiger partial charge on any atom is 0.333 e. The van der Waals surface area contributed by atoms with E-state index < -0.39 is 5.91 Å². The van der Waals surface area contributed by atoms with E-state index in [9.17, 15) is 14.4 Å². The first kappa shape index (κ1) is 30.3. The van der Waals surface area contributed by atoms with Crippen LogP contribution in [0.2, 0.25) is 0 Å². The Labute approximate surface area is 278 Å². The lowest BCUT2D eigenvalue weighted by Gasteiger charge is -2.34. The van der Waals surface area contributed by atoms with Crippen LogP contribution in [0.15, 0.2) is 94.7 Å². The van der Waals surface area contributed by atoms with Crippen LogP contribution in [0.3, 0.4) is 0 Å². The number of carbonyl (C=O) groups excluding carboxylic acids is 2. The summed E-state index contributed by atoms with van der Waals surface area (Å²) < 4.78 is 5.86. The number of hydrogen-bond donors (Lipinski definition) is 1. The summed E-state index contributed by atoms with van der Waals surface area (Å²) in [4.78, 5) is 57.3. The zero-order valence-electron chi connectivity index (χ0n) is 26.0. The third kappa shape index (κ3) is 5.44. The highest BCUT2D eigenvalue weighted by Gasteiger charge is 2.35. The number of halogens is 1. The Kier molecular flexibility index (Phi) is 7.80. The van der Waals surface area contributed by atoms with Crippen LogP contribution < -0.4 is 11.0 Å². The predicted molar refractivity (Wildman–Crippen MR) is 181 cm³/mol. The number of carbonyl (C=O) groups is 2. The van der Waals surface area contributed by atoms with Gasteiger partial charge in [-0.1, -0.05) is 40.2 Å². The van der Waals surface area contributed by atoms with Gasteiger partial charge < -0.3 is 14.8 Å². The summed E-state index contributed by atoms with van der Waals surface area (Å²) in [6.45, 7) is 4.34. The maximum atomic E-state index is 14.3. The Morgan fingerprint density at radius 1 is 1.00 bits per heavy atom. The SMILES string of the molecule is Cc1cc(C(=O)N2Cc3c(C(=O)NCc4ccccc4-c4ncccn4)n(-c4ccc5c(c4)ncn5C)c(=O)n3C[C@H]2C)ccc1Br. The standard InChI is InChI=1S/C35H31BrN8O3/c1-21-15-23(9-11-27(21)36)34(46)42-19-30-31(33(45)39-17-24-7-4-5-8-26(24)32-37-13-6-14-38-32)44(35(47)43(30)18-22(42)2)25-10-12-29-28(16-25)40-20-41(29)3/h4-16,20,22H,17-19H2,1-3H3,(H,39,45)/t22-/m1/s1. The molecule has 47 heavy (non-hydrogen) atoms. The molecular formula is C35H31BrN8O3. The summed E-state index contributed by atoms with van der Waals surface area (Å²) in [5.74, 6) is -0.0646. The minimum atomic E-state index is -0.442. The summed E-state index contributed by atoms with van der Waals surface area (Å²) in [5, 5.41) is 3.05. The van der Waals surface area contributed by atoms with Crippen LogP contribution in [-0.2, 0) is 26.7 Å². The van der Waals surface area contributed by atoms with Gasteiger partial charge in [-0.3, -0.25) is 18.7 Å². The van der Waals surface area contributed by atoms with E-state index in [-0.39, 0.29) is 43.0 Å². The Balaban J connectivity index is 1.30. The smallest absolute Gasteiger partial charge is 0.333 e. The second-order valence-electron chi connectivity index (χ2n) is 11.7. The molecule has 7 rings (SSSR count). The van der Waals surface area contributed by atoms with E-state index in [0.717, 1.165) is 26.7 Å². The van der Waals surface area contributed by atoms with Gasteiger partial charge in [-0.15, -0.1) is 0 Å².